The van der Waals surface area contributed by atoms with E-state index in [9.17, 15) is 19.5 Å². The Labute approximate surface area is 151 Å². The van der Waals surface area contributed by atoms with Gasteiger partial charge in [-0.25, -0.2) is 9.78 Å². The van der Waals surface area contributed by atoms with E-state index in [0.29, 0.717) is 36.7 Å². The molecule has 3 atom stereocenters. The van der Waals surface area contributed by atoms with Gasteiger partial charge in [0.2, 0.25) is 5.91 Å². The number of para-hydroxylation sites is 1. The van der Waals surface area contributed by atoms with Gasteiger partial charge < -0.3 is 10.0 Å². The van der Waals surface area contributed by atoms with E-state index in [1.165, 1.54) is 15.8 Å². The van der Waals surface area contributed by atoms with Crippen LogP contribution in [0.4, 0.5) is 0 Å². The van der Waals surface area contributed by atoms with Crippen LogP contribution in [0.2, 0.25) is 0 Å². The number of hydrogen-bond donors (Lipinski definition) is 1. The molecule has 2 heterocycles. The third kappa shape index (κ3) is 3.09. The third-order valence-corrected chi connectivity index (χ3v) is 5.25. The molecule has 0 aliphatic carbocycles. The van der Waals surface area contributed by atoms with Crippen LogP contribution in [-0.2, 0) is 9.59 Å². The van der Waals surface area contributed by atoms with Gasteiger partial charge in [-0.15, -0.1) is 0 Å². The molecule has 3 unspecified atom stereocenters. The lowest BCUT2D eigenvalue weighted by molar-refractivity contribution is -0.150. The first-order valence-corrected chi connectivity index (χ1v) is 8.94. The third-order valence-electron chi connectivity index (χ3n) is 5.25. The fourth-order valence-electron chi connectivity index (χ4n) is 3.60. The van der Waals surface area contributed by atoms with Crippen molar-refractivity contribution in [2.24, 2.45) is 5.92 Å². The predicted molar refractivity (Wildman–Crippen MR) is 96.9 cm³/mol. The van der Waals surface area contributed by atoms with Crippen LogP contribution in [0, 0.1) is 5.92 Å². The number of hydrogen-bond acceptors (Lipinski definition) is 4. The van der Waals surface area contributed by atoms with Gasteiger partial charge in [0.1, 0.15) is 12.1 Å². The van der Waals surface area contributed by atoms with Crippen LogP contribution in [0.15, 0.2) is 35.4 Å². The molecule has 0 bridgehead atoms. The molecule has 2 aromatic rings. The molecule has 26 heavy (non-hydrogen) atoms. The van der Waals surface area contributed by atoms with Crippen molar-refractivity contribution in [3.63, 3.8) is 0 Å². The second-order valence-corrected chi connectivity index (χ2v) is 6.83. The molecule has 1 aliphatic rings. The lowest BCUT2D eigenvalue weighted by Gasteiger charge is -2.30. The van der Waals surface area contributed by atoms with Crippen LogP contribution in [-0.4, -0.2) is 44.0 Å². The summed E-state index contributed by atoms with van der Waals surface area (Å²) >= 11 is 0. The van der Waals surface area contributed by atoms with Crippen molar-refractivity contribution in [1.82, 2.24) is 14.5 Å². The molecule has 1 fully saturated rings. The van der Waals surface area contributed by atoms with Crippen LogP contribution >= 0.6 is 0 Å². The summed E-state index contributed by atoms with van der Waals surface area (Å²) in [7, 11) is 0. The highest BCUT2D eigenvalue weighted by atomic mass is 16.4. The molecule has 1 N–H and O–H groups in total. The molecule has 0 saturated carbocycles. The zero-order valence-corrected chi connectivity index (χ0v) is 15.0. The maximum Gasteiger partial charge on any atom is 0.326 e. The molecule has 1 aromatic heterocycles. The summed E-state index contributed by atoms with van der Waals surface area (Å²) in [5, 5.41) is 9.85. The van der Waals surface area contributed by atoms with Crippen LogP contribution in [0.1, 0.15) is 39.2 Å². The van der Waals surface area contributed by atoms with E-state index in [-0.39, 0.29) is 17.4 Å². The van der Waals surface area contributed by atoms with Gasteiger partial charge in [0.25, 0.3) is 5.56 Å². The molecule has 0 radical (unpaired) electrons. The second kappa shape index (κ2) is 7.27. The maximum absolute atomic E-state index is 13.2. The summed E-state index contributed by atoms with van der Waals surface area (Å²) < 4.78 is 1.37. The van der Waals surface area contributed by atoms with E-state index in [1.54, 1.807) is 24.3 Å². The van der Waals surface area contributed by atoms with E-state index in [4.69, 9.17) is 0 Å². The van der Waals surface area contributed by atoms with Crippen molar-refractivity contribution in [1.29, 1.82) is 0 Å². The topological polar surface area (TPSA) is 92.5 Å². The van der Waals surface area contributed by atoms with Crippen LogP contribution in [0.3, 0.4) is 0 Å². The SMILES string of the molecule is CCC(C)C(C(=O)N1CCCC1C(=O)O)n1cnc2ccccc2c1=O. The Hall–Kier alpha value is -2.70. The lowest BCUT2D eigenvalue weighted by atomic mass is 9.97. The maximum atomic E-state index is 13.2. The molecule has 7 heteroatoms. The Kier molecular flexibility index (Phi) is 5.06. The number of aromatic nitrogens is 2. The van der Waals surface area contributed by atoms with Crippen molar-refractivity contribution in [3.05, 3.63) is 40.9 Å². The quantitative estimate of drug-likeness (QED) is 0.884. The first-order valence-electron chi connectivity index (χ1n) is 8.94. The van der Waals surface area contributed by atoms with E-state index < -0.39 is 18.1 Å². The van der Waals surface area contributed by atoms with Crippen molar-refractivity contribution >= 4 is 22.8 Å². The number of likely N-dealkylation sites (tertiary alicyclic amines) is 1. The average Bonchev–Trinajstić information content (AvgIpc) is 3.14. The Bertz CT molecular complexity index is 892. The number of carbonyl (C=O) groups is 2. The molecular weight excluding hydrogens is 334 g/mol. The fraction of sp³-hybridized carbons (Fsp3) is 0.474. The zero-order chi connectivity index (χ0) is 18.8. The minimum atomic E-state index is -0.997. The van der Waals surface area contributed by atoms with Gasteiger partial charge in [-0.1, -0.05) is 32.4 Å². The molecule has 1 aromatic carbocycles. The fourth-order valence-corrected chi connectivity index (χ4v) is 3.60. The average molecular weight is 357 g/mol. The molecular formula is C19H23N3O4. The summed E-state index contributed by atoms with van der Waals surface area (Å²) in [5.74, 6) is -1.44. The van der Waals surface area contributed by atoms with Crippen molar-refractivity contribution in [3.8, 4) is 0 Å². The first-order chi connectivity index (χ1) is 12.5. The Balaban J connectivity index is 2.07. The van der Waals surface area contributed by atoms with Gasteiger partial charge in [-0.3, -0.25) is 14.2 Å². The van der Waals surface area contributed by atoms with Crippen molar-refractivity contribution in [2.45, 2.75) is 45.2 Å². The smallest absolute Gasteiger partial charge is 0.326 e. The molecule has 1 amide bonds. The van der Waals surface area contributed by atoms with E-state index >= 15 is 0 Å². The lowest BCUT2D eigenvalue weighted by Crippen LogP contribution is -2.47. The Morgan fingerprint density at radius 2 is 2.08 bits per heavy atom. The number of benzene rings is 1. The molecule has 7 nitrogen and oxygen atoms in total. The van der Waals surface area contributed by atoms with Gasteiger partial charge in [0.15, 0.2) is 0 Å². The van der Waals surface area contributed by atoms with Gasteiger partial charge >= 0.3 is 5.97 Å². The monoisotopic (exact) mass is 357 g/mol. The van der Waals surface area contributed by atoms with Crippen molar-refractivity contribution in [2.75, 3.05) is 6.54 Å². The van der Waals surface area contributed by atoms with Gasteiger partial charge in [0.05, 0.1) is 17.2 Å². The molecule has 1 aliphatic heterocycles. The Morgan fingerprint density at radius 1 is 1.35 bits per heavy atom. The molecule has 0 spiro atoms. The van der Waals surface area contributed by atoms with Gasteiger partial charge in [-0.05, 0) is 30.9 Å². The van der Waals surface area contributed by atoms with Crippen LogP contribution < -0.4 is 5.56 Å². The number of carboxylic acid groups (broad SMARTS) is 1. The van der Waals surface area contributed by atoms with E-state index in [2.05, 4.69) is 4.98 Å². The normalized spacial score (nSPS) is 19.5. The molecule has 3 rings (SSSR count). The number of amides is 1. The summed E-state index contributed by atoms with van der Waals surface area (Å²) in [6.45, 7) is 4.25. The Morgan fingerprint density at radius 3 is 2.77 bits per heavy atom. The van der Waals surface area contributed by atoms with Crippen molar-refractivity contribution < 1.29 is 14.7 Å². The molecule has 1 saturated heterocycles. The van der Waals surface area contributed by atoms with E-state index in [1.807, 2.05) is 13.8 Å². The first kappa shape index (κ1) is 18.1. The zero-order valence-electron chi connectivity index (χ0n) is 15.0. The number of carbonyl (C=O) groups excluding carboxylic acids is 1. The van der Waals surface area contributed by atoms with Crippen LogP contribution in [0.5, 0.6) is 0 Å². The number of nitrogens with zero attached hydrogens (tertiary/aromatic N) is 3. The summed E-state index contributed by atoms with van der Waals surface area (Å²) in [4.78, 5) is 43.4. The number of fused-ring (bicyclic) bond motifs is 1. The highest BCUT2D eigenvalue weighted by Gasteiger charge is 2.39. The van der Waals surface area contributed by atoms with Crippen LogP contribution in [0.25, 0.3) is 10.9 Å². The minimum absolute atomic E-state index is 0.127. The number of carboxylic acids is 1. The highest BCUT2D eigenvalue weighted by molar-refractivity contribution is 5.87. The summed E-state index contributed by atoms with van der Waals surface area (Å²) in [6.07, 6.45) is 3.19. The highest BCUT2D eigenvalue weighted by Crippen LogP contribution is 2.27. The standard InChI is InChI=1S/C19H23N3O4/c1-3-12(2)16(18(24)21-10-6-9-15(21)19(25)26)22-11-20-14-8-5-4-7-13(14)17(22)23/h4-5,7-8,11-12,15-16H,3,6,9-10H2,1-2H3,(H,25,26). The minimum Gasteiger partial charge on any atom is -0.480 e. The second-order valence-electron chi connectivity index (χ2n) is 6.83. The number of rotatable bonds is 5. The largest absolute Gasteiger partial charge is 0.480 e. The number of aliphatic carboxylic acids is 1. The molecule has 138 valence electrons. The summed E-state index contributed by atoms with van der Waals surface area (Å²) in [6, 6.07) is 5.43. The van der Waals surface area contributed by atoms with Gasteiger partial charge in [0, 0.05) is 6.54 Å². The van der Waals surface area contributed by atoms with E-state index in [0.717, 1.165) is 0 Å². The van der Waals surface area contributed by atoms with Gasteiger partial charge in [-0.2, -0.15) is 0 Å². The summed E-state index contributed by atoms with van der Waals surface area (Å²) in [5.41, 5.74) is 0.300. The predicted octanol–water partition coefficient (Wildman–Crippen LogP) is 2.06.